The predicted molar refractivity (Wildman–Crippen MR) is 414 cm³/mol. The van der Waals surface area contributed by atoms with E-state index in [4.69, 9.17) is 37.0 Å². The van der Waals surface area contributed by atoms with E-state index in [1.54, 1.807) is 0 Å². The van der Waals surface area contributed by atoms with E-state index >= 15 is 0 Å². The maximum absolute atomic E-state index is 13.1. The summed E-state index contributed by atoms with van der Waals surface area (Å²) in [6.45, 7) is 9.69. The number of phosphoric ester groups is 2. The first-order chi connectivity index (χ1) is 48.9. The van der Waals surface area contributed by atoms with Gasteiger partial charge in [-0.25, -0.2) is 9.13 Å². The number of unbranched alkanes of at least 4 members (excludes halogenated alkanes) is 50. The van der Waals surface area contributed by atoms with Crippen molar-refractivity contribution in [2.24, 2.45) is 11.8 Å². The van der Waals surface area contributed by atoms with Crippen molar-refractivity contribution >= 4 is 39.5 Å². The summed E-state index contributed by atoms with van der Waals surface area (Å²) in [5.74, 6) is -0.490. The Bertz CT molecular complexity index is 1940. The van der Waals surface area contributed by atoms with Gasteiger partial charge in [0, 0.05) is 25.7 Å². The molecule has 0 bridgehead atoms. The van der Waals surface area contributed by atoms with Gasteiger partial charge in [0.05, 0.1) is 26.4 Å². The average molecular weight is 1480 g/mol. The standard InChI is InChI=1S/C82H160O17P2/c1-7-10-12-14-16-18-20-22-31-34-40-46-52-58-64-79(84)92-70-77(98-82(87)67-61-55-49-42-36-32-28-26-24-23-25-27-30-33-39-45-51-57-63-75(6)9-3)72-96-100(88,89)94-68-76(83)69-95-101(90,91)97-73-78(71-93-80(85)65-59-53-47-43-37-38-44-50-56-62-74(4)5)99-81(86)66-60-54-48-41-35-29-21-19-17-15-13-11-8-2/h74-78,83H,7-73H2,1-6H3,(H,88,89)(H,90,91)/t75?,76-,77-,78-/m1/s1. The van der Waals surface area contributed by atoms with Gasteiger partial charge >= 0.3 is 39.5 Å². The molecule has 0 spiro atoms. The first kappa shape index (κ1) is 99.1. The lowest BCUT2D eigenvalue weighted by Gasteiger charge is -2.21. The Morgan fingerprint density at radius 3 is 0.752 bits per heavy atom. The van der Waals surface area contributed by atoms with Crippen LogP contribution >= 0.6 is 15.6 Å². The first-order valence-corrected chi connectivity index (χ1v) is 45.5. The Kier molecular flexibility index (Phi) is 72.2. The van der Waals surface area contributed by atoms with E-state index in [0.717, 1.165) is 102 Å². The van der Waals surface area contributed by atoms with Crippen LogP contribution in [0.25, 0.3) is 0 Å². The van der Waals surface area contributed by atoms with E-state index in [-0.39, 0.29) is 25.7 Å². The summed E-state index contributed by atoms with van der Waals surface area (Å²) in [7, 11) is -9.92. The van der Waals surface area contributed by atoms with Gasteiger partial charge in [-0.3, -0.25) is 37.3 Å². The molecule has 101 heavy (non-hydrogen) atoms. The predicted octanol–water partition coefficient (Wildman–Crippen LogP) is 24.7. The molecule has 3 N–H and O–H groups in total. The summed E-state index contributed by atoms with van der Waals surface area (Å²) in [4.78, 5) is 73.1. The molecule has 0 aromatic rings. The van der Waals surface area contributed by atoms with Gasteiger partial charge in [-0.05, 0) is 37.5 Å². The van der Waals surface area contributed by atoms with Crippen LogP contribution in [-0.4, -0.2) is 96.7 Å². The minimum atomic E-state index is -4.96. The second-order valence-electron chi connectivity index (χ2n) is 30.2. The second-order valence-corrected chi connectivity index (χ2v) is 33.1. The Morgan fingerprint density at radius 1 is 0.287 bits per heavy atom. The molecule has 600 valence electrons. The minimum Gasteiger partial charge on any atom is -0.462 e. The third-order valence-electron chi connectivity index (χ3n) is 19.6. The van der Waals surface area contributed by atoms with Crippen LogP contribution in [0.1, 0.15) is 433 Å². The third kappa shape index (κ3) is 74.7. The molecule has 0 saturated carbocycles. The Morgan fingerprint density at radius 2 is 0.505 bits per heavy atom. The number of aliphatic hydroxyl groups excluding tert-OH is 1. The molecule has 0 aliphatic carbocycles. The van der Waals surface area contributed by atoms with Gasteiger partial charge in [0.25, 0.3) is 0 Å². The van der Waals surface area contributed by atoms with Crippen molar-refractivity contribution in [1.29, 1.82) is 0 Å². The van der Waals surface area contributed by atoms with Crippen molar-refractivity contribution in [1.82, 2.24) is 0 Å². The molecule has 17 nitrogen and oxygen atoms in total. The zero-order chi connectivity index (χ0) is 74.2. The highest BCUT2D eigenvalue weighted by Gasteiger charge is 2.30. The maximum Gasteiger partial charge on any atom is 0.472 e. The zero-order valence-electron chi connectivity index (χ0n) is 66.2. The van der Waals surface area contributed by atoms with Crippen LogP contribution < -0.4 is 0 Å². The Balaban J connectivity index is 5.22. The third-order valence-corrected chi connectivity index (χ3v) is 21.5. The highest BCUT2D eigenvalue weighted by molar-refractivity contribution is 7.47. The van der Waals surface area contributed by atoms with E-state index < -0.39 is 97.5 Å². The van der Waals surface area contributed by atoms with E-state index in [1.165, 1.54) is 250 Å². The monoisotopic (exact) mass is 1480 g/mol. The number of hydrogen-bond acceptors (Lipinski definition) is 15. The SMILES string of the molecule is CCCCCCCCCCCCCCCCC(=O)OC[C@H](COP(=O)(O)OC[C@@H](O)COP(=O)(O)OC[C@@H](COC(=O)CCCCCCCCCCCC(C)C)OC(=O)CCCCCCCCCCCCCCC)OC(=O)CCCCCCCCCCCCCCCCCCCCC(C)CC. The number of carbonyl (C=O) groups excluding carboxylic acids is 4. The quantitative estimate of drug-likeness (QED) is 0.0222. The van der Waals surface area contributed by atoms with Gasteiger partial charge in [-0.15, -0.1) is 0 Å². The Labute approximate surface area is 619 Å². The number of hydrogen-bond donors (Lipinski definition) is 3. The number of esters is 4. The molecule has 6 atom stereocenters. The number of phosphoric acid groups is 2. The molecule has 0 aliphatic heterocycles. The molecule has 0 amide bonds. The summed E-state index contributed by atoms with van der Waals surface area (Å²) in [6, 6.07) is 0. The average Bonchev–Trinajstić information content (AvgIpc) is 1.05. The van der Waals surface area contributed by atoms with Crippen LogP contribution in [0.5, 0.6) is 0 Å². The molecule has 0 aromatic heterocycles. The van der Waals surface area contributed by atoms with Crippen molar-refractivity contribution in [3.8, 4) is 0 Å². The van der Waals surface area contributed by atoms with E-state index in [0.29, 0.717) is 25.7 Å². The lowest BCUT2D eigenvalue weighted by molar-refractivity contribution is -0.161. The van der Waals surface area contributed by atoms with Crippen LogP contribution in [0, 0.1) is 11.8 Å². The molecular weight excluding hydrogens is 1320 g/mol. The number of aliphatic hydroxyl groups is 1. The molecular formula is C82H160O17P2. The van der Waals surface area contributed by atoms with Crippen LogP contribution in [-0.2, 0) is 65.4 Å². The molecule has 0 rings (SSSR count). The highest BCUT2D eigenvalue weighted by atomic mass is 31.2. The fraction of sp³-hybridized carbons (Fsp3) is 0.951. The lowest BCUT2D eigenvalue weighted by atomic mass is 9.99. The number of rotatable bonds is 81. The summed E-state index contributed by atoms with van der Waals surface area (Å²) in [6.07, 6.45) is 63.7. The van der Waals surface area contributed by atoms with E-state index in [2.05, 4.69) is 41.5 Å². The smallest absolute Gasteiger partial charge is 0.462 e. The molecule has 19 heteroatoms. The van der Waals surface area contributed by atoms with E-state index in [1.807, 2.05) is 0 Å². The molecule has 0 aromatic carbocycles. The molecule has 0 fully saturated rings. The zero-order valence-corrected chi connectivity index (χ0v) is 68.0. The van der Waals surface area contributed by atoms with Crippen molar-refractivity contribution < 1.29 is 80.2 Å². The normalized spacial score (nSPS) is 14.2. The van der Waals surface area contributed by atoms with Crippen LogP contribution in [0.4, 0.5) is 0 Å². The number of carbonyl (C=O) groups is 4. The van der Waals surface area contributed by atoms with Crippen molar-refractivity contribution in [3.05, 3.63) is 0 Å². The first-order valence-electron chi connectivity index (χ1n) is 42.5. The maximum atomic E-state index is 13.1. The molecule has 0 aliphatic rings. The van der Waals surface area contributed by atoms with Crippen molar-refractivity contribution in [2.45, 2.75) is 452 Å². The highest BCUT2D eigenvalue weighted by Crippen LogP contribution is 2.45. The van der Waals surface area contributed by atoms with Gasteiger partial charge in [0.1, 0.15) is 19.3 Å². The summed E-state index contributed by atoms with van der Waals surface area (Å²) in [5, 5.41) is 10.6. The minimum absolute atomic E-state index is 0.108. The van der Waals surface area contributed by atoms with Crippen LogP contribution in [0.2, 0.25) is 0 Å². The van der Waals surface area contributed by atoms with Gasteiger partial charge < -0.3 is 33.8 Å². The largest absolute Gasteiger partial charge is 0.472 e. The molecule has 0 heterocycles. The molecule has 0 saturated heterocycles. The fourth-order valence-electron chi connectivity index (χ4n) is 12.7. The van der Waals surface area contributed by atoms with Gasteiger partial charge in [-0.1, -0.05) is 382 Å². The lowest BCUT2D eigenvalue weighted by Crippen LogP contribution is -2.30. The van der Waals surface area contributed by atoms with E-state index in [9.17, 15) is 43.2 Å². The summed E-state index contributed by atoms with van der Waals surface area (Å²) in [5.41, 5.74) is 0. The molecule has 3 unspecified atom stereocenters. The number of ether oxygens (including phenoxy) is 4. The van der Waals surface area contributed by atoms with Crippen molar-refractivity contribution in [2.75, 3.05) is 39.6 Å². The van der Waals surface area contributed by atoms with Gasteiger partial charge in [-0.2, -0.15) is 0 Å². The van der Waals surface area contributed by atoms with Crippen LogP contribution in [0.15, 0.2) is 0 Å². The van der Waals surface area contributed by atoms with Gasteiger partial charge in [0.2, 0.25) is 0 Å². The summed E-state index contributed by atoms with van der Waals surface area (Å²) < 4.78 is 68.7. The van der Waals surface area contributed by atoms with Crippen LogP contribution in [0.3, 0.4) is 0 Å². The van der Waals surface area contributed by atoms with Gasteiger partial charge in [0.15, 0.2) is 12.2 Å². The summed E-state index contributed by atoms with van der Waals surface area (Å²) >= 11 is 0. The Hall–Kier alpha value is -1.94. The second kappa shape index (κ2) is 73.6. The fourth-order valence-corrected chi connectivity index (χ4v) is 14.3. The molecule has 0 radical (unpaired) electrons. The van der Waals surface area contributed by atoms with Crippen molar-refractivity contribution in [3.63, 3.8) is 0 Å². The topological polar surface area (TPSA) is 237 Å².